The first-order valence-corrected chi connectivity index (χ1v) is 20.6. The quantitative estimate of drug-likeness (QED) is 0.114. The Morgan fingerprint density at radius 1 is 0.965 bits per heavy atom. The van der Waals surface area contributed by atoms with E-state index in [0.29, 0.717) is 32.4 Å². The van der Waals surface area contributed by atoms with E-state index in [9.17, 15) is 34.2 Å². The average Bonchev–Trinajstić information content (AvgIpc) is 3.65. The fourth-order valence-electron chi connectivity index (χ4n) is 8.44. The van der Waals surface area contributed by atoms with E-state index in [0.717, 1.165) is 5.56 Å². The largest absolute Gasteiger partial charge is 0.481 e. The topological polar surface area (TPSA) is 192 Å². The molecule has 57 heavy (non-hydrogen) atoms. The summed E-state index contributed by atoms with van der Waals surface area (Å²) in [6.07, 6.45) is 0.743. The van der Waals surface area contributed by atoms with Crippen LogP contribution < -0.4 is 11.1 Å². The third-order valence-corrected chi connectivity index (χ3v) is 11.8. The van der Waals surface area contributed by atoms with Gasteiger partial charge in [-0.25, -0.2) is 0 Å². The molecule has 1 aliphatic heterocycles. The van der Waals surface area contributed by atoms with Crippen LogP contribution in [0.5, 0.6) is 0 Å². The summed E-state index contributed by atoms with van der Waals surface area (Å²) < 4.78 is 11.9. The Morgan fingerprint density at radius 3 is 2.11 bits per heavy atom. The highest BCUT2D eigenvalue weighted by molar-refractivity contribution is 5.90. The molecule has 1 saturated heterocycles. The van der Waals surface area contributed by atoms with E-state index in [1.165, 1.54) is 14.2 Å². The number of hydrogen-bond donors (Lipinski definition) is 4. The molecule has 2 rings (SSSR count). The molecule has 1 fully saturated rings. The third-order valence-electron chi connectivity index (χ3n) is 11.8. The van der Waals surface area contributed by atoms with Gasteiger partial charge in [-0.15, -0.1) is 0 Å². The van der Waals surface area contributed by atoms with Crippen LogP contribution in [0.1, 0.15) is 86.1 Å². The van der Waals surface area contributed by atoms with Crippen LogP contribution in [0, 0.1) is 29.6 Å². The zero-order valence-electron chi connectivity index (χ0n) is 36.4. The standard InChI is InChI=1S/C43H73N5O9/c1-12-28(6)39(47(9)42(53)37(26(2)3)45-41(52)38(27(4)5)46(8)24-32(44)25-49)35(56-10)23-36(51)48-20-16-19-33(48)40(57-11)29(7)34(50)22-31(43(54)55)21-30-17-14-13-15-18-30/h13-15,17-18,26-29,31-33,35,37-40,49H,12,16,19-25,44H2,1-11H3,(H,45,52)(H,54,55)/t28-,29-,31+,32+,33-,35+,37-,38-,39-,40+/m0/s1. The smallest absolute Gasteiger partial charge is 0.307 e. The summed E-state index contributed by atoms with van der Waals surface area (Å²) in [6, 6.07) is 6.33. The maximum atomic E-state index is 14.4. The number of ketones is 1. The minimum atomic E-state index is -1.04. The molecule has 0 saturated carbocycles. The Kier molecular flexibility index (Phi) is 20.8. The SMILES string of the molecule is CC[C@H](C)[C@@H]([C@@H](CC(=O)N1CCC[C@H]1[C@H](OC)[C@@H](C)C(=O)C[C@@H](Cc1ccccc1)C(=O)O)OC)N(C)C(=O)[C@@H](NC(=O)[C@H](C(C)C)N(C)C[C@@H](N)CO)C(C)C. The van der Waals surface area contributed by atoms with Gasteiger partial charge in [-0.3, -0.25) is 28.9 Å². The second kappa shape index (κ2) is 23.8. The number of nitrogens with one attached hydrogen (secondary N) is 1. The number of amides is 3. The van der Waals surface area contributed by atoms with Crippen LogP contribution in [0.2, 0.25) is 0 Å². The average molecular weight is 804 g/mol. The first kappa shape index (κ1) is 49.7. The highest BCUT2D eigenvalue weighted by Crippen LogP contribution is 2.31. The third kappa shape index (κ3) is 13.8. The number of carboxylic acids is 1. The van der Waals surface area contributed by atoms with Gasteiger partial charge in [-0.2, -0.15) is 0 Å². The van der Waals surface area contributed by atoms with Crippen LogP contribution in [0.25, 0.3) is 0 Å². The number of aliphatic carboxylic acids is 1. The first-order valence-electron chi connectivity index (χ1n) is 20.6. The van der Waals surface area contributed by atoms with Crippen molar-refractivity contribution in [2.75, 3.05) is 48.0 Å². The number of carbonyl (C=O) groups excluding carboxylic acids is 4. The molecule has 0 aliphatic carbocycles. The van der Waals surface area contributed by atoms with Crippen LogP contribution in [-0.2, 0) is 39.9 Å². The van der Waals surface area contributed by atoms with Gasteiger partial charge in [0.1, 0.15) is 11.8 Å². The lowest BCUT2D eigenvalue weighted by Crippen LogP contribution is -2.60. The van der Waals surface area contributed by atoms with Gasteiger partial charge in [0, 0.05) is 52.7 Å². The summed E-state index contributed by atoms with van der Waals surface area (Å²) >= 11 is 0. The maximum Gasteiger partial charge on any atom is 0.307 e. The Bertz CT molecular complexity index is 1430. The van der Waals surface area contributed by atoms with Crippen LogP contribution in [0.15, 0.2) is 30.3 Å². The molecule has 10 atom stereocenters. The molecule has 14 heteroatoms. The molecule has 0 unspecified atom stereocenters. The second-order valence-electron chi connectivity index (χ2n) is 16.8. The molecule has 14 nitrogen and oxygen atoms in total. The number of methoxy groups -OCH3 is 2. The molecular formula is C43H73N5O9. The number of aliphatic hydroxyl groups is 1. The van der Waals surface area contributed by atoms with Crippen molar-refractivity contribution in [3.63, 3.8) is 0 Å². The summed E-state index contributed by atoms with van der Waals surface area (Å²) in [4.78, 5) is 73.4. The molecule has 1 aliphatic rings. The molecular weight excluding hydrogens is 730 g/mol. The predicted octanol–water partition coefficient (Wildman–Crippen LogP) is 3.23. The van der Waals surface area contributed by atoms with E-state index < -0.39 is 60.2 Å². The molecule has 1 aromatic rings. The summed E-state index contributed by atoms with van der Waals surface area (Å²) in [5.41, 5.74) is 6.82. The molecule has 1 heterocycles. The lowest BCUT2D eigenvalue weighted by molar-refractivity contribution is -0.148. The van der Waals surface area contributed by atoms with Gasteiger partial charge in [0.15, 0.2) is 0 Å². The molecule has 0 spiro atoms. The Hall–Kier alpha value is -3.43. The predicted molar refractivity (Wildman–Crippen MR) is 220 cm³/mol. The van der Waals surface area contributed by atoms with E-state index in [2.05, 4.69) is 5.32 Å². The van der Waals surface area contributed by atoms with Crippen molar-refractivity contribution in [3.05, 3.63) is 35.9 Å². The molecule has 1 aromatic carbocycles. The Balaban J connectivity index is 2.28. The molecule has 0 radical (unpaired) electrons. The number of hydrogen-bond acceptors (Lipinski definition) is 10. The highest BCUT2D eigenvalue weighted by Gasteiger charge is 2.43. The molecule has 0 aromatic heterocycles. The van der Waals surface area contributed by atoms with Crippen molar-refractivity contribution < 1.29 is 43.7 Å². The number of Topliss-reactive ketones (excluding diaryl/α,β-unsaturated/α-hetero) is 1. The number of rotatable bonds is 25. The second-order valence-corrected chi connectivity index (χ2v) is 16.8. The van der Waals surface area contributed by atoms with Gasteiger partial charge in [0.2, 0.25) is 17.7 Å². The van der Waals surface area contributed by atoms with Gasteiger partial charge < -0.3 is 40.5 Å². The Labute approximate surface area is 341 Å². The number of benzene rings is 1. The van der Waals surface area contributed by atoms with E-state index in [-0.39, 0.29) is 67.1 Å². The van der Waals surface area contributed by atoms with E-state index in [1.54, 1.807) is 35.7 Å². The van der Waals surface area contributed by atoms with E-state index in [1.807, 2.05) is 71.9 Å². The van der Waals surface area contributed by atoms with Gasteiger partial charge in [-0.05, 0) is 49.6 Å². The number of carboxylic acid groups (broad SMARTS) is 1. The molecule has 3 amide bonds. The number of nitrogens with zero attached hydrogens (tertiary/aromatic N) is 3. The maximum absolute atomic E-state index is 14.4. The van der Waals surface area contributed by atoms with Gasteiger partial charge >= 0.3 is 5.97 Å². The minimum absolute atomic E-state index is 0.0272. The van der Waals surface area contributed by atoms with Crippen molar-refractivity contribution in [3.8, 4) is 0 Å². The van der Waals surface area contributed by atoms with Gasteiger partial charge in [0.05, 0.1) is 49.3 Å². The Morgan fingerprint density at radius 2 is 1.60 bits per heavy atom. The summed E-state index contributed by atoms with van der Waals surface area (Å²) in [7, 11) is 6.51. The molecule has 5 N–H and O–H groups in total. The minimum Gasteiger partial charge on any atom is -0.481 e. The summed E-state index contributed by atoms with van der Waals surface area (Å²) in [5, 5.41) is 22.5. The zero-order chi connectivity index (χ0) is 43.1. The van der Waals surface area contributed by atoms with Crippen molar-refractivity contribution in [1.29, 1.82) is 0 Å². The van der Waals surface area contributed by atoms with Crippen molar-refractivity contribution >= 4 is 29.5 Å². The zero-order valence-corrected chi connectivity index (χ0v) is 36.4. The van der Waals surface area contributed by atoms with Crippen LogP contribution in [0.3, 0.4) is 0 Å². The number of nitrogens with two attached hydrogens (primary N) is 1. The summed E-state index contributed by atoms with van der Waals surface area (Å²) in [6.45, 7) is 13.9. The van der Waals surface area contributed by atoms with Gasteiger partial charge in [-0.1, -0.05) is 85.2 Å². The fourth-order valence-corrected chi connectivity index (χ4v) is 8.44. The van der Waals surface area contributed by atoms with E-state index in [4.69, 9.17) is 15.2 Å². The van der Waals surface area contributed by atoms with Crippen molar-refractivity contribution in [2.24, 2.45) is 35.3 Å². The van der Waals surface area contributed by atoms with Crippen LogP contribution >= 0.6 is 0 Å². The van der Waals surface area contributed by atoms with Crippen LogP contribution in [-0.4, -0.2) is 145 Å². The van der Waals surface area contributed by atoms with E-state index >= 15 is 0 Å². The number of aliphatic hydroxyl groups excluding tert-OH is 1. The van der Waals surface area contributed by atoms with Crippen LogP contribution in [0.4, 0.5) is 0 Å². The number of likely N-dealkylation sites (tertiary alicyclic amines) is 1. The lowest BCUT2D eigenvalue weighted by atomic mass is 9.85. The normalized spacial score (nSPS) is 19.4. The molecule has 324 valence electrons. The van der Waals surface area contributed by atoms with Gasteiger partial charge in [0.25, 0.3) is 0 Å². The molecule has 0 bridgehead atoms. The highest BCUT2D eigenvalue weighted by atomic mass is 16.5. The lowest BCUT2D eigenvalue weighted by Gasteiger charge is -2.41. The first-order chi connectivity index (χ1) is 26.8. The monoisotopic (exact) mass is 804 g/mol. The van der Waals surface area contributed by atoms with Crippen molar-refractivity contribution in [2.45, 2.75) is 129 Å². The van der Waals surface area contributed by atoms with Crippen molar-refractivity contribution in [1.82, 2.24) is 20.0 Å². The summed E-state index contributed by atoms with van der Waals surface area (Å²) in [5.74, 6) is -4.06. The number of ether oxygens (including phenoxy) is 2. The number of carbonyl (C=O) groups is 5. The fraction of sp³-hybridized carbons (Fsp3) is 0.744. The number of likely N-dealkylation sites (N-methyl/N-ethyl adjacent to an activating group) is 2.